The molecule has 17 heavy (non-hydrogen) atoms. The van der Waals surface area contributed by atoms with E-state index >= 15 is 0 Å². The van der Waals surface area contributed by atoms with Gasteiger partial charge in [-0.3, -0.25) is 0 Å². The molecule has 0 heterocycles. The normalized spacial score (nSPS) is 13.5. The third-order valence-corrected chi connectivity index (χ3v) is 2.69. The van der Waals surface area contributed by atoms with Crippen LogP contribution < -0.4 is 5.73 Å². The number of halogens is 4. The van der Waals surface area contributed by atoms with Crippen molar-refractivity contribution >= 4 is 15.9 Å². The van der Waals surface area contributed by atoms with Gasteiger partial charge in [0.25, 0.3) is 0 Å². The fourth-order valence-corrected chi connectivity index (χ4v) is 1.90. The zero-order valence-electron chi connectivity index (χ0n) is 8.76. The standard InChI is InChI=1S/C11H11BrF3NO/c1-2-3-9(16)7-4-6(12)5-8(10(7)17)11(13,14)15/h2,4-5,9,17H,1,3,16H2/t9-/m0/s1. The summed E-state index contributed by atoms with van der Waals surface area (Å²) < 4.78 is 38.1. The van der Waals surface area contributed by atoms with Gasteiger partial charge in [-0.25, -0.2) is 0 Å². The molecule has 0 aliphatic carbocycles. The maximum absolute atomic E-state index is 12.6. The first-order valence-electron chi connectivity index (χ1n) is 4.73. The molecule has 0 unspecified atom stereocenters. The van der Waals surface area contributed by atoms with E-state index in [9.17, 15) is 18.3 Å². The highest BCUT2D eigenvalue weighted by Gasteiger charge is 2.35. The highest BCUT2D eigenvalue weighted by molar-refractivity contribution is 9.10. The topological polar surface area (TPSA) is 46.2 Å². The first-order valence-corrected chi connectivity index (χ1v) is 5.52. The molecule has 0 saturated heterocycles. The minimum atomic E-state index is -4.61. The largest absolute Gasteiger partial charge is 0.507 e. The summed E-state index contributed by atoms with van der Waals surface area (Å²) >= 11 is 2.97. The molecule has 0 amide bonds. The van der Waals surface area contributed by atoms with Crippen LogP contribution in [0.25, 0.3) is 0 Å². The van der Waals surface area contributed by atoms with Crippen LogP contribution in [0.5, 0.6) is 5.75 Å². The summed E-state index contributed by atoms with van der Waals surface area (Å²) in [6, 6.07) is 1.48. The summed E-state index contributed by atoms with van der Waals surface area (Å²) in [4.78, 5) is 0. The molecule has 0 bridgehead atoms. The molecule has 0 aromatic heterocycles. The number of rotatable bonds is 3. The zero-order chi connectivity index (χ0) is 13.2. The van der Waals surface area contributed by atoms with Gasteiger partial charge in [-0.2, -0.15) is 13.2 Å². The summed E-state index contributed by atoms with van der Waals surface area (Å²) in [5.41, 5.74) is 4.62. The van der Waals surface area contributed by atoms with Crippen LogP contribution in [0.15, 0.2) is 29.3 Å². The molecule has 1 aromatic rings. The molecule has 0 fully saturated rings. The van der Waals surface area contributed by atoms with Crippen molar-refractivity contribution in [2.24, 2.45) is 5.73 Å². The lowest BCUT2D eigenvalue weighted by atomic mass is 10.00. The molecule has 0 saturated carbocycles. The van der Waals surface area contributed by atoms with E-state index in [2.05, 4.69) is 22.5 Å². The van der Waals surface area contributed by atoms with Gasteiger partial charge in [0, 0.05) is 16.1 Å². The lowest BCUT2D eigenvalue weighted by molar-refractivity contribution is -0.138. The number of phenolic OH excluding ortho intramolecular Hbond substituents is 1. The summed E-state index contributed by atoms with van der Waals surface area (Å²) in [5, 5.41) is 9.59. The number of aromatic hydroxyl groups is 1. The average Bonchev–Trinajstić information content (AvgIpc) is 2.19. The summed E-state index contributed by atoms with van der Waals surface area (Å²) in [6.45, 7) is 3.45. The molecule has 0 aliphatic heterocycles. The maximum Gasteiger partial charge on any atom is 0.420 e. The fraction of sp³-hybridized carbons (Fsp3) is 0.273. The Balaban J connectivity index is 3.33. The number of hydrogen-bond acceptors (Lipinski definition) is 2. The van der Waals surface area contributed by atoms with Gasteiger partial charge < -0.3 is 10.8 Å². The minimum absolute atomic E-state index is 0.0478. The lowest BCUT2D eigenvalue weighted by Gasteiger charge is -2.17. The number of phenols is 1. The molecule has 6 heteroatoms. The van der Waals surface area contributed by atoms with Gasteiger partial charge in [0.2, 0.25) is 0 Å². The van der Waals surface area contributed by atoms with E-state index in [4.69, 9.17) is 5.73 Å². The van der Waals surface area contributed by atoms with Gasteiger partial charge in [-0.15, -0.1) is 6.58 Å². The molecule has 2 nitrogen and oxygen atoms in total. The molecule has 94 valence electrons. The fourth-order valence-electron chi connectivity index (χ4n) is 1.43. The van der Waals surface area contributed by atoms with Crippen LogP contribution in [0, 0.1) is 0 Å². The van der Waals surface area contributed by atoms with Gasteiger partial charge in [-0.1, -0.05) is 22.0 Å². The highest BCUT2D eigenvalue weighted by atomic mass is 79.9. The van der Waals surface area contributed by atoms with E-state index in [-0.39, 0.29) is 16.5 Å². The quantitative estimate of drug-likeness (QED) is 0.835. The molecule has 1 aromatic carbocycles. The van der Waals surface area contributed by atoms with E-state index in [1.807, 2.05) is 0 Å². The predicted molar refractivity (Wildman–Crippen MR) is 62.6 cm³/mol. The number of benzene rings is 1. The third kappa shape index (κ3) is 3.23. The van der Waals surface area contributed by atoms with E-state index in [0.717, 1.165) is 6.07 Å². The molecule has 1 rings (SSSR count). The Labute approximate surface area is 105 Å². The van der Waals surface area contributed by atoms with Crippen LogP contribution in [0.3, 0.4) is 0 Å². The molecule has 0 aliphatic rings. The van der Waals surface area contributed by atoms with E-state index in [0.29, 0.717) is 0 Å². The van der Waals surface area contributed by atoms with Crippen molar-refractivity contribution in [1.82, 2.24) is 0 Å². The van der Waals surface area contributed by atoms with E-state index < -0.39 is 23.5 Å². The van der Waals surface area contributed by atoms with Crippen LogP contribution in [0.2, 0.25) is 0 Å². The Bertz CT molecular complexity index is 431. The van der Waals surface area contributed by atoms with Crippen molar-refractivity contribution in [2.45, 2.75) is 18.6 Å². The zero-order valence-corrected chi connectivity index (χ0v) is 10.3. The molecular formula is C11H11BrF3NO. The summed E-state index contributed by atoms with van der Waals surface area (Å²) in [5.74, 6) is -0.824. The Morgan fingerprint density at radius 2 is 2.06 bits per heavy atom. The van der Waals surface area contributed by atoms with Gasteiger partial charge in [-0.05, 0) is 18.6 Å². The van der Waals surface area contributed by atoms with Crippen molar-refractivity contribution in [3.05, 3.63) is 40.4 Å². The summed E-state index contributed by atoms with van der Waals surface area (Å²) in [6.07, 6.45) is -2.85. The smallest absolute Gasteiger partial charge is 0.420 e. The number of hydrogen-bond donors (Lipinski definition) is 2. The van der Waals surface area contributed by atoms with Gasteiger partial charge >= 0.3 is 6.18 Å². The second-order valence-corrected chi connectivity index (χ2v) is 4.44. The molecule has 3 N–H and O–H groups in total. The first-order chi connectivity index (χ1) is 7.77. The third-order valence-electron chi connectivity index (χ3n) is 2.23. The second-order valence-electron chi connectivity index (χ2n) is 3.52. The van der Waals surface area contributed by atoms with Crippen LogP contribution >= 0.6 is 15.9 Å². The van der Waals surface area contributed by atoms with Crippen molar-refractivity contribution in [1.29, 1.82) is 0 Å². The van der Waals surface area contributed by atoms with Crippen molar-refractivity contribution < 1.29 is 18.3 Å². The predicted octanol–water partition coefficient (Wildman–Crippen LogP) is 3.75. The number of nitrogens with two attached hydrogens (primary N) is 1. The monoisotopic (exact) mass is 309 g/mol. The van der Waals surface area contributed by atoms with Crippen LogP contribution in [-0.4, -0.2) is 5.11 Å². The van der Waals surface area contributed by atoms with Gasteiger partial charge in [0.05, 0.1) is 5.56 Å². The van der Waals surface area contributed by atoms with Crippen molar-refractivity contribution in [3.8, 4) is 5.75 Å². The number of alkyl halides is 3. The average molecular weight is 310 g/mol. The van der Waals surface area contributed by atoms with E-state index in [1.54, 1.807) is 0 Å². The lowest BCUT2D eigenvalue weighted by Crippen LogP contribution is -2.13. The van der Waals surface area contributed by atoms with Crippen LogP contribution in [0.4, 0.5) is 13.2 Å². The van der Waals surface area contributed by atoms with Crippen LogP contribution in [-0.2, 0) is 6.18 Å². The highest BCUT2D eigenvalue weighted by Crippen LogP contribution is 2.41. The summed E-state index contributed by atoms with van der Waals surface area (Å²) in [7, 11) is 0. The Morgan fingerprint density at radius 1 is 1.47 bits per heavy atom. The Kier molecular flexibility index (Phi) is 4.21. The van der Waals surface area contributed by atoms with E-state index in [1.165, 1.54) is 12.1 Å². The molecular weight excluding hydrogens is 299 g/mol. The van der Waals surface area contributed by atoms with Gasteiger partial charge in [0.1, 0.15) is 5.75 Å². The SMILES string of the molecule is C=CC[C@H](N)c1cc(Br)cc(C(F)(F)F)c1O. The van der Waals surface area contributed by atoms with Crippen LogP contribution in [0.1, 0.15) is 23.6 Å². The molecule has 0 spiro atoms. The maximum atomic E-state index is 12.6. The second kappa shape index (κ2) is 5.10. The molecule has 0 radical (unpaired) electrons. The van der Waals surface area contributed by atoms with Crippen molar-refractivity contribution in [2.75, 3.05) is 0 Å². The van der Waals surface area contributed by atoms with Crippen molar-refractivity contribution in [3.63, 3.8) is 0 Å². The Hall–Kier alpha value is -1.01. The Morgan fingerprint density at radius 3 is 2.53 bits per heavy atom. The minimum Gasteiger partial charge on any atom is -0.507 e. The molecule has 1 atom stereocenters. The first kappa shape index (κ1) is 14.1. The van der Waals surface area contributed by atoms with Gasteiger partial charge in [0.15, 0.2) is 0 Å².